The molecule has 0 bridgehead atoms. The zero-order valence-corrected chi connectivity index (χ0v) is 18.5. The van der Waals surface area contributed by atoms with Crippen molar-refractivity contribution in [1.82, 2.24) is 25.1 Å². The van der Waals surface area contributed by atoms with E-state index >= 15 is 0 Å². The lowest BCUT2D eigenvalue weighted by atomic mass is 9.87. The van der Waals surface area contributed by atoms with Gasteiger partial charge in [-0.3, -0.25) is 0 Å². The molecule has 6 heteroatoms. The first-order valence-corrected chi connectivity index (χ1v) is 11.4. The second kappa shape index (κ2) is 8.28. The van der Waals surface area contributed by atoms with Gasteiger partial charge in [-0.15, -0.1) is 0 Å². The fourth-order valence-electron chi connectivity index (χ4n) is 3.87. The summed E-state index contributed by atoms with van der Waals surface area (Å²) in [5, 5.41) is 9.23. The van der Waals surface area contributed by atoms with E-state index in [1.807, 2.05) is 24.8 Å². The highest BCUT2D eigenvalue weighted by Gasteiger charge is 2.24. The molecule has 0 amide bonds. The summed E-state index contributed by atoms with van der Waals surface area (Å²) in [5.74, 6) is 0. The summed E-state index contributed by atoms with van der Waals surface area (Å²) >= 11 is 1.56. The van der Waals surface area contributed by atoms with Gasteiger partial charge in [-0.25, -0.2) is 14.6 Å². The Morgan fingerprint density at radius 3 is 2.48 bits per heavy atom. The smallest absolute Gasteiger partial charge is 0.187 e. The molecule has 0 saturated carbocycles. The summed E-state index contributed by atoms with van der Waals surface area (Å²) in [7, 11) is 0. The molecule has 0 fully saturated rings. The maximum absolute atomic E-state index is 4.74. The van der Waals surface area contributed by atoms with Gasteiger partial charge in [0.05, 0.1) is 11.9 Å². The van der Waals surface area contributed by atoms with Crippen LogP contribution in [0.5, 0.6) is 0 Å². The van der Waals surface area contributed by atoms with Crippen molar-refractivity contribution in [2.75, 3.05) is 6.26 Å². The van der Waals surface area contributed by atoms with Gasteiger partial charge in [0.15, 0.2) is 5.16 Å². The van der Waals surface area contributed by atoms with Crippen molar-refractivity contribution in [3.63, 3.8) is 0 Å². The van der Waals surface area contributed by atoms with Crippen LogP contribution >= 0.6 is 11.8 Å². The standard InChI is InChI=1S/C23H29N5S/c1-23(2,3)17-8-10-18(11-9-17)28-21-7-5-6-20(19(21)15-27-28)24-12-16-13-25-22(29-4)26-14-16/h8-11,13-15,20,24H,5-7,12H2,1-4H3/t20-/m1/s1. The molecule has 1 aromatic carbocycles. The SMILES string of the molecule is CSc1ncc(CN[C@@H]2CCCc3c2cnn3-c2ccc(C(C)(C)C)cc2)cn1. The quantitative estimate of drug-likeness (QED) is 0.484. The van der Waals surface area contributed by atoms with E-state index in [0.29, 0.717) is 6.04 Å². The molecule has 1 atom stereocenters. The predicted octanol–water partition coefficient (Wildman–Crippen LogP) is 4.85. The molecule has 0 radical (unpaired) electrons. The second-order valence-corrected chi connectivity index (χ2v) is 9.43. The van der Waals surface area contributed by atoms with Gasteiger partial charge in [0.2, 0.25) is 0 Å². The Kier molecular flexibility index (Phi) is 5.74. The Bertz CT molecular complexity index is 954. The number of aromatic nitrogens is 4. The molecule has 0 aliphatic heterocycles. The third-order valence-electron chi connectivity index (χ3n) is 5.58. The number of hydrogen-bond acceptors (Lipinski definition) is 5. The first-order valence-electron chi connectivity index (χ1n) is 10.2. The molecular formula is C23H29N5S. The Morgan fingerprint density at radius 2 is 1.83 bits per heavy atom. The summed E-state index contributed by atoms with van der Waals surface area (Å²) in [6.45, 7) is 7.50. The minimum atomic E-state index is 0.162. The molecular weight excluding hydrogens is 378 g/mol. The van der Waals surface area contributed by atoms with Crippen molar-refractivity contribution < 1.29 is 0 Å². The first kappa shape index (κ1) is 20.1. The zero-order chi connectivity index (χ0) is 20.4. The van der Waals surface area contributed by atoms with Gasteiger partial charge in [-0.1, -0.05) is 44.7 Å². The largest absolute Gasteiger partial charge is 0.306 e. The molecule has 2 aromatic heterocycles. The molecule has 152 valence electrons. The highest BCUT2D eigenvalue weighted by molar-refractivity contribution is 7.98. The number of nitrogens with one attached hydrogen (secondary N) is 1. The van der Waals surface area contributed by atoms with E-state index in [0.717, 1.165) is 35.8 Å². The van der Waals surface area contributed by atoms with E-state index in [-0.39, 0.29) is 5.41 Å². The minimum Gasteiger partial charge on any atom is -0.306 e. The maximum atomic E-state index is 4.74. The van der Waals surface area contributed by atoms with Gasteiger partial charge in [-0.05, 0) is 48.6 Å². The van der Waals surface area contributed by atoms with Crippen molar-refractivity contribution in [3.05, 3.63) is 65.2 Å². The van der Waals surface area contributed by atoms with Crippen LogP contribution in [0.2, 0.25) is 0 Å². The third-order valence-corrected chi connectivity index (χ3v) is 6.15. The van der Waals surface area contributed by atoms with E-state index in [9.17, 15) is 0 Å². The van der Waals surface area contributed by atoms with Crippen LogP contribution in [-0.2, 0) is 18.4 Å². The summed E-state index contributed by atoms with van der Waals surface area (Å²) in [6.07, 6.45) is 11.2. The highest BCUT2D eigenvalue weighted by Crippen LogP contribution is 2.32. The van der Waals surface area contributed by atoms with Crippen molar-refractivity contribution >= 4 is 11.8 Å². The Morgan fingerprint density at radius 1 is 1.10 bits per heavy atom. The van der Waals surface area contributed by atoms with Crippen LogP contribution in [0.25, 0.3) is 5.69 Å². The van der Waals surface area contributed by atoms with Gasteiger partial charge in [-0.2, -0.15) is 5.10 Å². The molecule has 2 heterocycles. The molecule has 0 saturated heterocycles. The molecule has 1 N–H and O–H groups in total. The van der Waals surface area contributed by atoms with E-state index in [1.54, 1.807) is 11.8 Å². The molecule has 1 aliphatic carbocycles. The van der Waals surface area contributed by atoms with Gasteiger partial charge in [0.1, 0.15) is 0 Å². The molecule has 3 aromatic rings. The molecule has 5 nitrogen and oxygen atoms in total. The molecule has 4 rings (SSSR count). The summed E-state index contributed by atoms with van der Waals surface area (Å²) in [4.78, 5) is 8.74. The Labute approximate surface area is 177 Å². The first-order chi connectivity index (χ1) is 14.0. The van der Waals surface area contributed by atoms with Gasteiger partial charge >= 0.3 is 0 Å². The second-order valence-electron chi connectivity index (χ2n) is 8.66. The van der Waals surface area contributed by atoms with E-state index < -0.39 is 0 Å². The van der Waals surface area contributed by atoms with Crippen LogP contribution in [0.3, 0.4) is 0 Å². The van der Waals surface area contributed by atoms with Crippen LogP contribution in [0, 0.1) is 0 Å². The van der Waals surface area contributed by atoms with Crippen LogP contribution in [0.4, 0.5) is 0 Å². The fourth-order valence-corrected chi connectivity index (χ4v) is 4.19. The van der Waals surface area contributed by atoms with Crippen molar-refractivity contribution in [3.8, 4) is 5.69 Å². The lowest BCUT2D eigenvalue weighted by Crippen LogP contribution is -2.25. The number of rotatable bonds is 5. The van der Waals surface area contributed by atoms with Gasteiger partial charge < -0.3 is 5.32 Å². The van der Waals surface area contributed by atoms with Crippen LogP contribution in [0.1, 0.15) is 62.0 Å². The monoisotopic (exact) mass is 407 g/mol. The maximum Gasteiger partial charge on any atom is 0.187 e. The Hall–Kier alpha value is -2.18. The number of nitrogens with zero attached hydrogens (tertiary/aromatic N) is 4. The zero-order valence-electron chi connectivity index (χ0n) is 17.6. The molecule has 0 unspecified atom stereocenters. The predicted molar refractivity (Wildman–Crippen MR) is 119 cm³/mol. The summed E-state index contributed by atoms with van der Waals surface area (Å²) in [5.41, 5.74) is 6.40. The minimum absolute atomic E-state index is 0.162. The lowest BCUT2D eigenvalue weighted by molar-refractivity contribution is 0.454. The van der Waals surface area contributed by atoms with Crippen LogP contribution in [-0.4, -0.2) is 26.0 Å². The van der Waals surface area contributed by atoms with E-state index in [2.05, 4.69) is 65.0 Å². The van der Waals surface area contributed by atoms with Crippen LogP contribution < -0.4 is 5.32 Å². The number of fused-ring (bicyclic) bond motifs is 1. The molecule has 0 spiro atoms. The highest BCUT2D eigenvalue weighted by atomic mass is 32.2. The topological polar surface area (TPSA) is 55.6 Å². The van der Waals surface area contributed by atoms with Gasteiger partial charge in [0.25, 0.3) is 0 Å². The van der Waals surface area contributed by atoms with Crippen molar-refractivity contribution in [1.29, 1.82) is 0 Å². The Balaban J connectivity index is 1.51. The normalized spacial score (nSPS) is 16.6. The molecule has 1 aliphatic rings. The van der Waals surface area contributed by atoms with Crippen LogP contribution in [0.15, 0.2) is 48.0 Å². The number of benzene rings is 1. The number of thioether (sulfide) groups is 1. The van der Waals surface area contributed by atoms with E-state index in [4.69, 9.17) is 5.10 Å². The van der Waals surface area contributed by atoms with Crippen molar-refractivity contribution in [2.45, 2.75) is 63.2 Å². The lowest BCUT2D eigenvalue weighted by Gasteiger charge is -2.24. The molecule has 29 heavy (non-hydrogen) atoms. The average molecular weight is 408 g/mol. The third kappa shape index (κ3) is 4.38. The van der Waals surface area contributed by atoms with Crippen molar-refractivity contribution in [2.24, 2.45) is 0 Å². The van der Waals surface area contributed by atoms with Gasteiger partial charge in [0, 0.05) is 41.8 Å². The summed E-state index contributed by atoms with van der Waals surface area (Å²) in [6, 6.07) is 9.15. The fraction of sp³-hybridized carbons (Fsp3) is 0.435. The number of hydrogen-bond donors (Lipinski definition) is 1. The van der Waals surface area contributed by atoms with E-state index in [1.165, 1.54) is 23.2 Å². The summed E-state index contributed by atoms with van der Waals surface area (Å²) < 4.78 is 2.12. The average Bonchev–Trinajstić information content (AvgIpc) is 3.17.